The van der Waals surface area contributed by atoms with E-state index in [0.717, 1.165) is 11.1 Å². The summed E-state index contributed by atoms with van der Waals surface area (Å²) in [6.45, 7) is 3.62. The Balaban J connectivity index is 1.73. The van der Waals surface area contributed by atoms with Crippen LogP contribution < -0.4 is 0 Å². The van der Waals surface area contributed by atoms with Gasteiger partial charge in [-0.2, -0.15) is 0 Å². The van der Waals surface area contributed by atoms with Crippen LogP contribution in [0.1, 0.15) is 11.3 Å². The van der Waals surface area contributed by atoms with Crippen LogP contribution in [0.3, 0.4) is 0 Å². The molecule has 4 rings (SSSR count). The van der Waals surface area contributed by atoms with Crippen LogP contribution in [0, 0.1) is 19.1 Å². The summed E-state index contributed by atoms with van der Waals surface area (Å²) >= 11 is 0. The lowest BCUT2D eigenvalue weighted by Crippen LogP contribution is -2.00. The van der Waals surface area contributed by atoms with Crippen LogP contribution in [0.5, 0.6) is 0 Å². The van der Waals surface area contributed by atoms with Crippen molar-refractivity contribution in [1.29, 1.82) is 0 Å². The van der Waals surface area contributed by atoms with Gasteiger partial charge in [-0.25, -0.2) is 15.0 Å². The average molecular weight is 382 g/mol. The molecule has 0 spiro atoms. The highest BCUT2D eigenvalue weighted by Crippen LogP contribution is 2.23. The van der Waals surface area contributed by atoms with Gasteiger partial charge < -0.3 is 5.21 Å². The fraction of sp³-hybridized carbons (Fsp3) is 0.0909. The lowest BCUT2D eigenvalue weighted by molar-refractivity contribution is -0.440. The Kier molecular flexibility index (Phi) is 5.03. The molecule has 2 aromatic heterocycles. The number of rotatable bonds is 4. The molecule has 0 saturated heterocycles. The largest absolute Gasteiger partial charge is 0.690 e. The maximum absolute atomic E-state index is 12.7. The molecule has 0 bridgehead atoms. The third-order valence-corrected chi connectivity index (χ3v) is 4.23. The second kappa shape index (κ2) is 7.93. The summed E-state index contributed by atoms with van der Waals surface area (Å²) in [7, 11) is 0. The van der Waals surface area contributed by atoms with Crippen LogP contribution in [0.25, 0.3) is 22.8 Å². The fourth-order valence-corrected chi connectivity index (χ4v) is 2.76. The van der Waals surface area contributed by atoms with Gasteiger partial charge in [-0.15, -0.1) is 4.86 Å². The second-order valence-corrected chi connectivity index (χ2v) is 6.50. The molecule has 0 unspecified atom stereocenters. The van der Waals surface area contributed by atoms with Crippen LogP contribution >= 0.6 is 0 Å². The first-order valence-corrected chi connectivity index (χ1v) is 9.09. The highest BCUT2D eigenvalue weighted by atomic mass is 16.5. The SMILES string of the molecule is Cc1cc([N+]([O-])=Nc2nc(-c3ccccc3)ncc2C)nc(-c2ccccc2)n1. The van der Waals surface area contributed by atoms with Crippen molar-refractivity contribution < 1.29 is 4.86 Å². The maximum Gasteiger partial charge on any atom is 0.351 e. The van der Waals surface area contributed by atoms with Gasteiger partial charge in [0.25, 0.3) is 5.82 Å². The van der Waals surface area contributed by atoms with Gasteiger partial charge in [0.05, 0.1) is 11.8 Å². The number of azo groups is 1. The highest BCUT2D eigenvalue weighted by molar-refractivity contribution is 5.57. The molecule has 29 heavy (non-hydrogen) atoms. The van der Waals surface area contributed by atoms with E-state index in [-0.39, 0.29) is 5.82 Å². The van der Waals surface area contributed by atoms with Crippen LogP contribution in [0.4, 0.5) is 11.6 Å². The van der Waals surface area contributed by atoms with Gasteiger partial charge in [0.2, 0.25) is 5.82 Å². The number of aryl methyl sites for hydroxylation is 2. The molecular formula is C22H18N6O. The van der Waals surface area contributed by atoms with Gasteiger partial charge >= 0.3 is 5.82 Å². The first kappa shape index (κ1) is 18.4. The zero-order valence-corrected chi connectivity index (χ0v) is 16.0. The highest BCUT2D eigenvalue weighted by Gasteiger charge is 2.15. The van der Waals surface area contributed by atoms with Crippen LogP contribution in [-0.4, -0.2) is 24.8 Å². The number of nitrogens with zero attached hydrogens (tertiary/aromatic N) is 6. The first-order valence-electron chi connectivity index (χ1n) is 9.09. The van der Waals surface area contributed by atoms with Crippen molar-refractivity contribution in [2.75, 3.05) is 0 Å². The minimum Gasteiger partial charge on any atom is -0.690 e. The predicted molar refractivity (Wildman–Crippen MR) is 110 cm³/mol. The van der Waals surface area contributed by atoms with E-state index in [1.54, 1.807) is 12.3 Å². The summed E-state index contributed by atoms with van der Waals surface area (Å²) in [6.07, 6.45) is 1.66. The minimum absolute atomic E-state index is 0.149. The Morgan fingerprint density at radius 3 is 2.07 bits per heavy atom. The molecule has 142 valence electrons. The van der Waals surface area contributed by atoms with Gasteiger partial charge in [-0.3, -0.25) is 0 Å². The summed E-state index contributed by atoms with van der Waals surface area (Å²) in [6, 6.07) is 20.6. The molecule has 0 aliphatic heterocycles. The molecule has 7 nitrogen and oxygen atoms in total. The van der Waals surface area contributed by atoms with E-state index < -0.39 is 0 Å². The zero-order chi connectivity index (χ0) is 20.2. The molecule has 0 aliphatic rings. The van der Waals surface area contributed by atoms with Gasteiger partial charge in [-0.05, 0) is 31.0 Å². The van der Waals surface area contributed by atoms with Gasteiger partial charge in [-0.1, -0.05) is 53.6 Å². The maximum atomic E-state index is 12.7. The molecule has 0 N–H and O–H groups in total. The summed E-state index contributed by atoms with van der Waals surface area (Å²) in [4.78, 5) is 18.1. The standard InChI is InChI=1S/C22H18N6O/c1-15-14-23-21(17-9-5-3-6-10-17)26-20(15)27-28(29)19-13-16(2)24-22(25-19)18-11-7-4-8-12-18/h3-14H,1-2H3. The molecule has 0 radical (unpaired) electrons. The van der Waals surface area contributed by atoms with Crippen molar-refractivity contribution in [3.8, 4) is 22.8 Å². The number of hydrogen-bond acceptors (Lipinski definition) is 6. The molecule has 0 aliphatic carbocycles. The number of aromatic nitrogens is 4. The molecule has 7 heteroatoms. The first-order chi connectivity index (χ1) is 14.1. The zero-order valence-electron chi connectivity index (χ0n) is 16.0. The molecule has 2 aromatic carbocycles. The third kappa shape index (κ3) is 4.14. The minimum atomic E-state index is 0.149. The van der Waals surface area contributed by atoms with Crippen LogP contribution in [0.2, 0.25) is 0 Å². The lowest BCUT2D eigenvalue weighted by Gasteiger charge is -2.07. The molecule has 0 atom stereocenters. The molecule has 0 amide bonds. The number of benzene rings is 2. The fourth-order valence-electron chi connectivity index (χ4n) is 2.76. The molecule has 0 fully saturated rings. The lowest BCUT2D eigenvalue weighted by atomic mass is 10.2. The van der Waals surface area contributed by atoms with E-state index in [1.807, 2.05) is 74.5 Å². The summed E-state index contributed by atoms with van der Waals surface area (Å²) < 4.78 is 0. The quantitative estimate of drug-likeness (QED) is 0.277. The van der Waals surface area contributed by atoms with E-state index in [9.17, 15) is 5.21 Å². The Labute approximate surface area is 168 Å². The Morgan fingerprint density at radius 1 is 0.793 bits per heavy atom. The predicted octanol–water partition coefficient (Wildman–Crippen LogP) is 5.14. The molecule has 2 heterocycles. The van der Waals surface area contributed by atoms with Crippen molar-refractivity contribution in [2.24, 2.45) is 5.11 Å². The second-order valence-electron chi connectivity index (χ2n) is 6.50. The van der Waals surface area contributed by atoms with Crippen LogP contribution in [-0.2, 0) is 0 Å². The van der Waals surface area contributed by atoms with Crippen molar-refractivity contribution in [3.63, 3.8) is 0 Å². The Morgan fingerprint density at radius 2 is 1.41 bits per heavy atom. The van der Waals surface area contributed by atoms with E-state index >= 15 is 0 Å². The Bertz CT molecular complexity index is 1180. The monoisotopic (exact) mass is 382 g/mol. The Hall–Kier alpha value is -4.00. The smallest absolute Gasteiger partial charge is 0.351 e. The van der Waals surface area contributed by atoms with E-state index in [4.69, 9.17) is 0 Å². The van der Waals surface area contributed by atoms with Crippen molar-refractivity contribution >= 4 is 11.6 Å². The van der Waals surface area contributed by atoms with Crippen molar-refractivity contribution in [3.05, 3.63) is 89.4 Å². The average Bonchev–Trinajstić information content (AvgIpc) is 2.76. The molecule has 0 saturated carbocycles. The summed E-state index contributed by atoms with van der Waals surface area (Å²) in [5, 5.41) is 16.9. The third-order valence-electron chi connectivity index (χ3n) is 4.23. The molecule has 4 aromatic rings. The summed E-state index contributed by atoms with van der Waals surface area (Å²) in [5.74, 6) is 1.43. The van der Waals surface area contributed by atoms with E-state index in [2.05, 4.69) is 25.1 Å². The van der Waals surface area contributed by atoms with E-state index in [0.29, 0.717) is 33.6 Å². The normalized spacial score (nSPS) is 11.4. The van der Waals surface area contributed by atoms with Gasteiger partial charge in [0.1, 0.15) is 0 Å². The van der Waals surface area contributed by atoms with Crippen molar-refractivity contribution in [2.45, 2.75) is 13.8 Å². The number of hydrogen-bond donors (Lipinski definition) is 0. The molecular weight excluding hydrogens is 364 g/mol. The topological polar surface area (TPSA) is 90.0 Å². The van der Waals surface area contributed by atoms with Gasteiger partial charge in [0, 0.05) is 22.9 Å². The van der Waals surface area contributed by atoms with Crippen LogP contribution in [0.15, 0.2) is 78.0 Å². The van der Waals surface area contributed by atoms with Crippen molar-refractivity contribution in [1.82, 2.24) is 19.9 Å². The van der Waals surface area contributed by atoms with E-state index in [1.165, 1.54) is 0 Å². The van der Waals surface area contributed by atoms with Gasteiger partial charge in [0.15, 0.2) is 5.82 Å². The summed E-state index contributed by atoms with van der Waals surface area (Å²) in [5.41, 5.74) is 3.05.